The Bertz CT molecular complexity index is 527. The molecule has 0 aromatic heterocycles. The Labute approximate surface area is 140 Å². The summed E-state index contributed by atoms with van der Waals surface area (Å²) < 4.78 is 0. The lowest BCUT2D eigenvalue weighted by molar-refractivity contribution is -0.134. The maximum absolute atomic E-state index is 10.9. The Hall–Kier alpha value is -0.640. The van der Waals surface area contributed by atoms with Crippen LogP contribution in [0.1, 0.15) is 52.9 Å². The van der Waals surface area contributed by atoms with Crippen molar-refractivity contribution in [3.05, 3.63) is 24.3 Å². The zero-order chi connectivity index (χ0) is 17.0. The van der Waals surface area contributed by atoms with Crippen LogP contribution in [0.25, 0.3) is 0 Å². The van der Waals surface area contributed by atoms with Gasteiger partial charge in [0.25, 0.3) is 0 Å². The van der Waals surface area contributed by atoms with Crippen LogP contribution in [0.5, 0.6) is 0 Å². The number of hydrogen-bond acceptors (Lipinski definition) is 3. The van der Waals surface area contributed by atoms with Crippen molar-refractivity contribution in [3.8, 4) is 0 Å². The van der Waals surface area contributed by atoms with Crippen LogP contribution < -0.4 is 0 Å². The Morgan fingerprint density at radius 3 is 2.52 bits per heavy atom. The van der Waals surface area contributed by atoms with Crippen molar-refractivity contribution in [2.24, 2.45) is 28.1 Å². The van der Waals surface area contributed by atoms with Gasteiger partial charge in [-0.2, -0.15) is 0 Å². The Morgan fingerprint density at radius 2 is 1.91 bits per heavy atom. The molecular formula is C20H32O3. The predicted molar refractivity (Wildman–Crippen MR) is 91.8 cm³/mol. The molecule has 0 spiro atoms. The van der Waals surface area contributed by atoms with Crippen molar-refractivity contribution >= 4 is 0 Å². The highest BCUT2D eigenvalue weighted by molar-refractivity contribution is 5.31. The average Bonchev–Trinajstić information content (AvgIpc) is 2.51. The summed E-state index contributed by atoms with van der Waals surface area (Å²) in [6, 6.07) is 0. The lowest BCUT2D eigenvalue weighted by Crippen LogP contribution is -2.59. The fourth-order valence-corrected chi connectivity index (χ4v) is 6.11. The molecule has 3 aliphatic carbocycles. The first-order valence-corrected chi connectivity index (χ1v) is 9.04. The third-order valence-electron chi connectivity index (χ3n) is 7.57. The number of fused-ring (bicyclic) bond motifs is 3. The van der Waals surface area contributed by atoms with E-state index in [2.05, 4.69) is 27.4 Å². The first-order chi connectivity index (χ1) is 10.7. The van der Waals surface area contributed by atoms with E-state index in [1.807, 2.05) is 12.2 Å². The second-order valence-electron chi connectivity index (χ2n) is 9.01. The molecule has 0 bridgehead atoms. The van der Waals surface area contributed by atoms with Crippen LogP contribution in [0.3, 0.4) is 0 Å². The highest BCUT2D eigenvalue weighted by Gasteiger charge is 2.59. The summed E-state index contributed by atoms with van der Waals surface area (Å²) in [5.41, 5.74) is 0.411. The minimum absolute atomic E-state index is 0.0529. The molecule has 3 N–H and O–H groups in total. The lowest BCUT2D eigenvalue weighted by Gasteiger charge is -2.61. The fraction of sp³-hybridized carbons (Fsp3) is 0.800. The summed E-state index contributed by atoms with van der Waals surface area (Å²) in [6.45, 7) is 10.5. The number of aliphatic hydroxyl groups is 3. The molecule has 3 aliphatic rings. The first kappa shape index (κ1) is 17.2. The van der Waals surface area contributed by atoms with Gasteiger partial charge in [-0.3, -0.25) is 0 Å². The summed E-state index contributed by atoms with van der Waals surface area (Å²) in [4.78, 5) is 0. The average molecular weight is 320 g/mol. The van der Waals surface area contributed by atoms with E-state index in [4.69, 9.17) is 0 Å². The standard InChI is InChI=1S/C20H32O3/c1-5-18(2)10-7-14-13(17(18)23)11-15(22)16-19(3,12-21)8-6-9-20(14,16)4/h5,11,14-17,21-23H,1,6-10,12H2,2-4H3/t14-,15+,16-,17+,18-,19+,20-/m0/s1. The van der Waals surface area contributed by atoms with Gasteiger partial charge in [-0.15, -0.1) is 6.58 Å². The predicted octanol–water partition coefficient (Wildman–Crippen LogP) is 3.06. The molecule has 2 fully saturated rings. The van der Waals surface area contributed by atoms with E-state index in [9.17, 15) is 15.3 Å². The fourth-order valence-electron chi connectivity index (χ4n) is 6.11. The van der Waals surface area contributed by atoms with Gasteiger partial charge in [0.2, 0.25) is 0 Å². The summed E-state index contributed by atoms with van der Waals surface area (Å²) in [5, 5.41) is 31.8. The van der Waals surface area contributed by atoms with Crippen molar-refractivity contribution in [1.29, 1.82) is 0 Å². The van der Waals surface area contributed by atoms with Crippen molar-refractivity contribution < 1.29 is 15.3 Å². The maximum atomic E-state index is 10.9. The van der Waals surface area contributed by atoms with E-state index >= 15 is 0 Å². The highest BCUT2D eigenvalue weighted by atomic mass is 16.3. The summed E-state index contributed by atoms with van der Waals surface area (Å²) in [6.07, 6.45) is 7.67. The summed E-state index contributed by atoms with van der Waals surface area (Å²) in [7, 11) is 0. The van der Waals surface area contributed by atoms with Gasteiger partial charge in [0, 0.05) is 17.9 Å². The Balaban J connectivity index is 2.07. The number of aliphatic hydroxyl groups excluding tert-OH is 3. The van der Waals surface area contributed by atoms with Crippen LogP contribution in [0.15, 0.2) is 24.3 Å². The molecule has 23 heavy (non-hydrogen) atoms. The molecular weight excluding hydrogens is 288 g/mol. The van der Waals surface area contributed by atoms with Gasteiger partial charge in [0.05, 0.1) is 12.2 Å². The Morgan fingerprint density at radius 1 is 1.22 bits per heavy atom. The summed E-state index contributed by atoms with van der Waals surface area (Å²) >= 11 is 0. The van der Waals surface area contributed by atoms with Crippen molar-refractivity contribution in [2.45, 2.75) is 65.1 Å². The molecule has 3 rings (SSSR count). The normalized spacial score (nSPS) is 53.0. The number of rotatable bonds is 2. The second kappa shape index (κ2) is 5.44. The van der Waals surface area contributed by atoms with Gasteiger partial charge in [-0.1, -0.05) is 39.3 Å². The summed E-state index contributed by atoms with van der Waals surface area (Å²) in [5.74, 6) is 0.355. The molecule has 0 heterocycles. The quantitative estimate of drug-likeness (QED) is 0.685. The minimum Gasteiger partial charge on any atom is -0.396 e. The van der Waals surface area contributed by atoms with Crippen molar-refractivity contribution in [2.75, 3.05) is 6.61 Å². The van der Waals surface area contributed by atoms with E-state index in [0.29, 0.717) is 5.92 Å². The van der Waals surface area contributed by atoms with Gasteiger partial charge in [-0.05, 0) is 48.0 Å². The van der Waals surface area contributed by atoms with Gasteiger partial charge in [-0.25, -0.2) is 0 Å². The Kier molecular flexibility index (Phi) is 4.06. The third kappa shape index (κ3) is 2.27. The molecule has 0 unspecified atom stereocenters. The smallest absolute Gasteiger partial charge is 0.0841 e. The third-order valence-corrected chi connectivity index (χ3v) is 7.57. The van der Waals surface area contributed by atoms with Gasteiger partial charge >= 0.3 is 0 Å². The molecule has 0 aromatic carbocycles. The molecule has 3 heteroatoms. The highest BCUT2D eigenvalue weighted by Crippen LogP contribution is 2.63. The monoisotopic (exact) mass is 320 g/mol. The topological polar surface area (TPSA) is 60.7 Å². The van der Waals surface area contributed by atoms with Crippen molar-refractivity contribution in [3.63, 3.8) is 0 Å². The molecule has 0 saturated heterocycles. The van der Waals surface area contributed by atoms with E-state index in [1.54, 1.807) is 0 Å². The molecule has 3 nitrogen and oxygen atoms in total. The maximum Gasteiger partial charge on any atom is 0.0841 e. The zero-order valence-electron chi connectivity index (χ0n) is 14.8. The van der Waals surface area contributed by atoms with Gasteiger partial charge in [0.1, 0.15) is 0 Å². The molecule has 0 aromatic rings. The van der Waals surface area contributed by atoms with Crippen LogP contribution >= 0.6 is 0 Å². The van der Waals surface area contributed by atoms with Crippen molar-refractivity contribution in [1.82, 2.24) is 0 Å². The SMILES string of the molecule is C=C[C@@]1(C)CC[C@H]2C(=C[C@@H](O)[C@H]3[C@@](C)(CO)CCC[C@@]23C)[C@H]1O. The second-order valence-corrected chi connectivity index (χ2v) is 9.01. The van der Waals surface area contributed by atoms with E-state index in [1.165, 1.54) is 0 Å². The largest absolute Gasteiger partial charge is 0.396 e. The van der Waals surface area contributed by atoms with Gasteiger partial charge < -0.3 is 15.3 Å². The minimum atomic E-state index is -0.592. The van der Waals surface area contributed by atoms with Gasteiger partial charge in [0.15, 0.2) is 0 Å². The zero-order valence-corrected chi connectivity index (χ0v) is 14.8. The van der Waals surface area contributed by atoms with E-state index < -0.39 is 12.2 Å². The molecule has 2 saturated carbocycles. The van der Waals surface area contributed by atoms with Crippen LogP contribution in [-0.4, -0.2) is 34.1 Å². The molecule has 0 aliphatic heterocycles. The lowest BCUT2D eigenvalue weighted by atomic mass is 9.44. The van der Waals surface area contributed by atoms with E-state index in [-0.39, 0.29) is 28.8 Å². The molecule has 0 amide bonds. The van der Waals surface area contributed by atoms with Crippen LogP contribution in [-0.2, 0) is 0 Å². The molecule has 0 radical (unpaired) electrons. The van der Waals surface area contributed by atoms with Crippen LogP contribution in [0.4, 0.5) is 0 Å². The van der Waals surface area contributed by atoms with Crippen LogP contribution in [0.2, 0.25) is 0 Å². The van der Waals surface area contributed by atoms with Crippen LogP contribution in [0, 0.1) is 28.1 Å². The van der Waals surface area contributed by atoms with E-state index in [0.717, 1.165) is 37.7 Å². The number of hydrogen-bond donors (Lipinski definition) is 3. The molecule has 7 atom stereocenters. The first-order valence-electron chi connectivity index (χ1n) is 9.04. The molecule has 130 valence electrons.